The third kappa shape index (κ3) is 2.28. The summed E-state index contributed by atoms with van der Waals surface area (Å²) in [6.07, 6.45) is 5.17. The monoisotopic (exact) mass is 180 g/mol. The van der Waals surface area contributed by atoms with Gasteiger partial charge < -0.3 is 5.11 Å². The average molecular weight is 180 g/mol. The van der Waals surface area contributed by atoms with Gasteiger partial charge in [0, 0.05) is 6.42 Å². The van der Waals surface area contributed by atoms with E-state index >= 15 is 0 Å². The zero-order valence-electron chi connectivity index (χ0n) is 7.99. The summed E-state index contributed by atoms with van der Waals surface area (Å²) in [6.45, 7) is 5.35. The molecule has 1 saturated carbocycles. The molecule has 0 spiro atoms. The van der Waals surface area contributed by atoms with E-state index in [2.05, 4.69) is 6.58 Å². The van der Waals surface area contributed by atoms with Gasteiger partial charge in [-0.05, 0) is 37.3 Å². The summed E-state index contributed by atoms with van der Waals surface area (Å²) >= 11 is 0. The van der Waals surface area contributed by atoms with E-state index in [1.54, 1.807) is 0 Å². The molecule has 0 aliphatic heterocycles. The molecule has 0 unspecified atom stereocenters. The SMILES string of the molecule is C=CC(=O)C[C@@H]1CC[C@@H](O)/C1=C/C. The topological polar surface area (TPSA) is 37.3 Å². The number of rotatable bonds is 3. The standard InChI is InChI=1S/C11H16O2/c1-3-9(12)7-8-5-6-11(13)10(8)4-2/h3-4,8,11,13H,1,5-7H2,2H3/b10-4+/t8-,11+/m0/s1. The van der Waals surface area contributed by atoms with Crippen LogP contribution in [-0.2, 0) is 4.79 Å². The van der Waals surface area contributed by atoms with E-state index in [0.717, 1.165) is 18.4 Å². The van der Waals surface area contributed by atoms with Crippen molar-refractivity contribution in [3.63, 3.8) is 0 Å². The summed E-state index contributed by atoms with van der Waals surface area (Å²) in [4.78, 5) is 11.1. The summed E-state index contributed by atoms with van der Waals surface area (Å²) in [5.41, 5.74) is 1.02. The third-order valence-electron chi connectivity index (χ3n) is 2.65. The summed E-state index contributed by atoms with van der Waals surface area (Å²) in [7, 11) is 0. The third-order valence-corrected chi connectivity index (χ3v) is 2.65. The van der Waals surface area contributed by atoms with E-state index in [1.807, 2.05) is 13.0 Å². The van der Waals surface area contributed by atoms with Gasteiger partial charge in [-0.3, -0.25) is 4.79 Å². The van der Waals surface area contributed by atoms with Crippen LogP contribution in [0.15, 0.2) is 24.3 Å². The maximum Gasteiger partial charge on any atom is 0.155 e. The summed E-state index contributed by atoms with van der Waals surface area (Å²) in [6, 6.07) is 0. The van der Waals surface area contributed by atoms with Gasteiger partial charge in [0.2, 0.25) is 0 Å². The zero-order chi connectivity index (χ0) is 9.84. The van der Waals surface area contributed by atoms with Crippen LogP contribution < -0.4 is 0 Å². The molecule has 1 fully saturated rings. The number of carbonyl (C=O) groups excluding carboxylic acids is 1. The maximum atomic E-state index is 11.1. The highest BCUT2D eigenvalue weighted by molar-refractivity contribution is 5.89. The van der Waals surface area contributed by atoms with Crippen molar-refractivity contribution in [2.24, 2.45) is 5.92 Å². The molecule has 0 aromatic rings. The fraction of sp³-hybridized carbons (Fsp3) is 0.545. The van der Waals surface area contributed by atoms with Crippen LogP contribution in [0.4, 0.5) is 0 Å². The Morgan fingerprint density at radius 3 is 2.92 bits per heavy atom. The lowest BCUT2D eigenvalue weighted by atomic mass is 9.96. The Labute approximate surface area is 79.0 Å². The van der Waals surface area contributed by atoms with E-state index in [4.69, 9.17) is 0 Å². The van der Waals surface area contributed by atoms with Crippen LogP contribution >= 0.6 is 0 Å². The largest absolute Gasteiger partial charge is 0.389 e. The van der Waals surface area contributed by atoms with E-state index in [1.165, 1.54) is 6.08 Å². The fourth-order valence-electron chi connectivity index (χ4n) is 1.94. The molecular formula is C11H16O2. The molecule has 0 aromatic heterocycles. The molecule has 1 aliphatic rings. The number of ketones is 1. The van der Waals surface area contributed by atoms with Crippen LogP contribution in [0.1, 0.15) is 26.2 Å². The Morgan fingerprint density at radius 1 is 1.69 bits per heavy atom. The molecule has 0 radical (unpaired) electrons. The molecular weight excluding hydrogens is 164 g/mol. The summed E-state index contributed by atoms with van der Waals surface area (Å²) in [5, 5.41) is 9.54. The normalized spacial score (nSPS) is 30.8. The van der Waals surface area contributed by atoms with E-state index in [9.17, 15) is 9.90 Å². The molecule has 13 heavy (non-hydrogen) atoms. The van der Waals surface area contributed by atoms with E-state index < -0.39 is 0 Å². The second-order valence-electron chi connectivity index (χ2n) is 3.45. The molecule has 0 amide bonds. The molecule has 2 atom stereocenters. The molecule has 2 heteroatoms. The van der Waals surface area contributed by atoms with Crippen molar-refractivity contribution < 1.29 is 9.90 Å². The molecule has 1 rings (SSSR count). The highest BCUT2D eigenvalue weighted by Gasteiger charge is 2.28. The minimum absolute atomic E-state index is 0.0680. The van der Waals surface area contributed by atoms with Crippen molar-refractivity contribution in [3.05, 3.63) is 24.3 Å². The lowest BCUT2D eigenvalue weighted by Gasteiger charge is -2.10. The van der Waals surface area contributed by atoms with Crippen molar-refractivity contribution in [2.45, 2.75) is 32.3 Å². The van der Waals surface area contributed by atoms with Crippen molar-refractivity contribution in [1.29, 1.82) is 0 Å². The zero-order valence-corrected chi connectivity index (χ0v) is 7.99. The first-order valence-corrected chi connectivity index (χ1v) is 4.68. The number of aliphatic hydroxyl groups excluding tert-OH is 1. The molecule has 1 N–H and O–H groups in total. The van der Waals surface area contributed by atoms with Crippen molar-refractivity contribution in [3.8, 4) is 0 Å². The van der Waals surface area contributed by atoms with Crippen LogP contribution in [0.2, 0.25) is 0 Å². The Bertz CT molecular complexity index is 240. The Hall–Kier alpha value is -0.890. The second kappa shape index (κ2) is 4.38. The van der Waals surface area contributed by atoms with Gasteiger partial charge in [0.1, 0.15) is 0 Å². The van der Waals surface area contributed by atoms with Crippen LogP contribution in [-0.4, -0.2) is 17.0 Å². The van der Waals surface area contributed by atoms with Gasteiger partial charge in [0.15, 0.2) is 5.78 Å². The molecule has 0 saturated heterocycles. The smallest absolute Gasteiger partial charge is 0.155 e. The van der Waals surface area contributed by atoms with Gasteiger partial charge in [-0.25, -0.2) is 0 Å². The lowest BCUT2D eigenvalue weighted by Crippen LogP contribution is -2.09. The Morgan fingerprint density at radius 2 is 2.38 bits per heavy atom. The van der Waals surface area contributed by atoms with Crippen molar-refractivity contribution in [2.75, 3.05) is 0 Å². The van der Waals surface area contributed by atoms with Crippen LogP contribution in [0.5, 0.6) is 0 Å². The van der Waals surface area contributed by atoms with Crippen LogP contribution in [0, 0.1) is 5.92 Å². The first-order valence-electron chi connectivity index (χ1n) is 4.68. The second-order valence-corrected chi connectivity index (χ2v) is 3.45. The molecule has 72 valence electrons. The van der Waals surface area contributed by atoms with Gasteiger partial charge in [-0.15, -0.1) is 0 Å². The molecule has 0 aromatic carbocycles. The highest BCUT2D eigenvalue weighted by atomic mass is 16.3. The molecule has 1 aliphatic carbocycles. The maximum absolute atomic E-state index is 11.1. The quantitative estimate of drug-likeness (QED) is 0.531. The number of hydrogen-bond acceptors (Lipinski definition) is 2. The van der Waals surface area contributed by atoms with Gasteiger partial charge in [0.25, 0.3) is 0 Å². The van der Waals surface area contributed by atoms with Gasteiger partial charge in [-0.1, -0.05) is 12.7 Å². The first-order chi connectivity index (χ1) is 6.19. The molecule has 0 heterocycles. The summed E-state index contributed by atoms with van der Waals surface area (Å²) in [5.74, 6) is 0.309. The Balaban J connectivity index is 2.61. The van der Waals surface area contributed by atoms with Gasteiger partial charge in [-0.2, -0.15) is 0 Å². The summed E-state index contributed by atoms with van der Waals surface area (Å²) < 4.78 is 0. The average Bonchev–Trinajstić information content (AvgIpc) is 2.46. The predicted molar refractivity (Wildman–Crippen MR) is 52.3 cm³/mol. The highest BCUT2D eigenvalue weighted by Crippen LogP contribution is 2.33. The lowest BCUT2D eigenvalue weighted by molar-refractivity contribution is -0.115. The predicted octanol–water partition coefficient (Wildman–Crippen LogP) is 1.85. The van der Waals surface area contributed by atoms with E-state index in [0.29, 0.717) is 6.42 Å². The first kappa shape index (κ1) is 10.2. The van der Waals surface area contributed by atoms with Crippen LogP contribution in [0.25, 0.3) is 0 Å². The number of aliphatic hydroxyl groups is 1. The molecule has 0 bridgehead atoms. The fourth-order valence-corrected chi connectivity index (χ4v) is 1.94. The number of carbonyl (C=O) groups is 1. The minimum atomic E-state index is -0.326. The number of hydrogen-bond donors (Lipinski definition) is 1. The van der Waals surface area contributed by atoms with Crippen molar-refractivity contribution in [1.82, 2.24) is 0 Å². The van der Waals surface area contributed by atoms with E-state index in [-0.39, 0.29) is 17.8 Å². The van der Waals surface area contributed by atoms with Crippen molar-refractivity contribution >= 4 is 5.78 Å². The Kier molecular flexibility index (Phi) is 3.43. The van der Waals surface area contributed by atoms with Gasteiger partial charge in [0.05, 0.1) is 6.10 Å². The minimum Gasteiger partial charge on any atom is -0.389 e. The van der Waals surface area contributed by atoms with Gasteiger partial charge >= 0.3 is 0 Å². The molecule has 2 nitrogen and oxygen atoms in total. The van der Waals surface area contributed by atoms with Crippen LogP contribution in [0.3, 0.4) is 0 Å². The number of allylic oxidation sites excluding steroid dienone is 2.